The zero-order valence-electron chi connectivity index (χ0n) is 31.7. The van der Waals surface area contributed by atoms with Crippen LogP contribution in [-0.2, 0) is 0 Å². The lowest BCUT2D eigenvalue weighted by Crippen LogP contribution is -2.11. The summed E-state index contributed by atoms with van der Waals surface area (Å²) in [5, 5.41) is 7.18. The van der Waals surface area contributed by atoms with Crippen LogP contribution in [0.25, 0.3) is 88.0 Å². The molecule has 0 unspecified atom stereocenters. The lowest BCUT2D eigenvalue weighted by Gasteiger charge is -2.28. The van der Waals surface area contributed by atoms with Crippen molar-refractivity contribution in [2.75, 3.05) is 4.90 Å². The number of anilines is 3. The van der Waals surface area contributed by atoms with Gasteiger partial charge in [-0.15, -0.1) is 0 Å². The van der Waals surface area contributed by atoms with E-state index in [-0.39, 0.29) is 0 Å². The minimum Gasteiger partial charge on any atom is -0.456 e. The van der Waals surface area contributed by atoms with Gasteiger partial charge in [-0.05, 0) is 109 Å². The van der Waals surface area contributed by atoms with Crippen LogP contribution in [0.1, 0.15) is 0 Å². The number of fused-ring (bicyclic) bond motifs is 6. The first kappa shape index (κ1) is 33.6. The van der Waals surface area contributed by atoms with Gasteiger partial charge in [-0.25, -0.2) is 0 Å². The van der Waals surface area contributed by atoms with Gasteiger partial charge in [-0.2, -0.15) is 0 Å². The van der Waals surface area contributed by atoms with E-state index in [1.165, 1.54) is 49.4 Å². The lowest BCUT2D eigenvalue weighted by atomic mass is 9.84. The van der Waals surface area contributed by atoms with Crippen LogP contribution in [0.15, 0.2) is 229 Å². The molecule has 10 aromatic carbocycles. The molecular weight excluding hydrogens is 703 g/mol. The van der Waals surface area contributed by atoms with Crippen molar-refractivity contribution < 1.29 is 4.42 Å². The summed E-state index contributed by atoms with van der Waals surface area (Å²) in [5.41, 5.74) is 14.5. The largest absolute Gasteiger partial charge is 0.456 e. The molecule has 0 saturated carbocycles. The number of furan rings is 1. The van der Waals surface area contributed by atoms with Crippen molar-refractivity contribution in [1.29, 1.82) is 0 Å². The highest BCUT2D eigenvalue weighted by Crippen LogP contribution is 2.47. The Balaban J connectivity index is 1.14. The second-order valence-corrected chi connectivity index (χ2v) is 14.8. The number of nitrogens with zero attached hydrogens (tertiary/aromatic N) is 1. The van der Waals surface area contributed by atoms with E-state index in [0.717, 1.165) is 55.7 Å². The van der Waals surface area contributed by atoms with E-state index in [9.17, 15) is 0 Å². The molecule has 1 aromatic heterocycles. The van der Waals surface area contributed by atoms with Crippen molar-refractivity contribution in [3.8, 4) is 44.5 Å². The summed E-state index contributed by atoms with van der Waals surface area (Å²) in [6.45, 7) is 0. The molecule has 0 fully saturated rings. The van der Waals surface area contributed by atoms with Crippen molar-refractivity contribution in [1.82, 2.24) is 0 Å². The zero-order chi connectivity index (χ0) is 38.4. The van der Waals surface area contributed by atoms with Crippen molar-refractivity contribution in [3.05, 3.63) is 224 Å². The van der Waals surface area contributed by atoms with Gasteiger partial charge >= 0.3 is 0 Å². The predicted molar refractivity (Wildman–Crippen MR) is 245 cm³/mol. The zero-order valence-corrected chi connectivity index (χ0v) is 31.7. The Hall–Kier alpha value is -7.68. The monoisotopic (exact) mass is 739 g/mol. The Kier molecular flexibility index (Phi) is 8.19. The Bertz CT molecular complexity index is 3270. The average Bonchev–Trinajstić information content (AvgIpc) is 3.68. The molecule has 1 heterocycles. The molecule has 0 N–H and O–H groups in total. The second-order valence-electron chi connectivity index (χ2n) is 14.8. The molecule has 2 heteroatoms. The summed E-state index contributed by atoms with van der Waals surface area (Å²) >= 11 is 0. The maximum atomic E-state index is 6.29. The van der Waals surface area contributed by atoms with Gasteiger partial charge in [-0.1, -0.05) is 176 Å². The molecular formula is C56H37NO. The molecule has 0 aliphatic rings. The van der Waals surface area contributed by atoms with Crippen LogP contribution in [0.4, 0.5) is 17.1 Å². The van der Waals surface area contributed by atoms with E-state index in [4.69, 9.17) is 4.42 Å². The minimum atomic E-state index is 0.878. The van der Waals surface area contributed by atoms with Gasteiger partial charge in [0.1, 0.15) is 11.2 Å². The van der Waals surface area contributed by atoms with Crippen molar-refractivity contribution in [2.24, 2.45) is 0 Å². The fourth-order valence-corrected chi connectivity index (χ4v) is 8.82. The summed E-state index contributed by atoms with van der Waals surface area (Å²) in [4.78, 5) is 2.39. The fraction of sp³-hybridized carbons (Fsp3) is 0. The normalized spacial score (nSPS) is 11.4. The number of rotatable bonds is 7. The van der Waals surface area contributed by atoms with E-state index < -0.39 is 0 Å². The molecule has 0 bridgehead atoms. The third-order valence-corrected chi connectivity index (χ3v) is 11.4. The van der Waals surface area contributed by atoms with Gasteiger partial charge in [0.15, 0.2) is 0 Å². The first-order valence-corrected chi connectivity index (χ1v) is 19.8. The van der Waals surface area contributed by atoms with Crippen molar-refractivity contribution in [3.63, 3.8) is 0 Å². The summed E-state index contributed by atoms with van der Waals surface area (Å²) in [5.74, 6) is 0. The van der Waals surface area contributed by atoms with Crippen LogP contribution in [0.3, 0.4) is 0 Å². The molecule has 272 valence electrons. The summed E-state index contributed by atoms with van der Waals surface area (Å²) < 4.78 is 6.29. The highest BCUT2D eigenvalue weighted by atomic mass is 16.3. The van der Waals surface area contributed by atoms with E-state index >= 15 is 0 Å². The molecule has 11 rings (SSSR count). The number of para-hydroxylation sites is 2. The number of hydrogen-bond donors (Lipinski definition) is 0. The smallest absolute Gasteiger partial charge is 0.135 e. The molecule has 0 saturated heterocycles. The van der Waals surface area contributed by atoms with E-state index in [2.05, 4.69) is 217 Å². The molecule has 58 heavy (non-hydrogen) atoms. The Labute approximate surface area is 337 Å². The third-order valence-electron chi connectivity index (χ3n) is 11.4. The van der Waals surface area contributed by atoms with Crippen LogP contribution in [0, 0.1) is 0 Å². The summed E-state index contributed by atoms with van der Waals surface area (Å²) in [6.07, 6.45) is 0. The molecule has 0 aliphatic heterocycles. The Morgan fingerprint density at radius 3 is 1.57 bits per heavy atom. The highest BCUT2D eigenvalue weighted by Gasteiger charge is 2.21. The van der Waals surface area contributed by atoms with Crippen LogP contribution in [-0.4, -0.2) is 0 Å². The first-order chi connectivity index (χ1) is 28.8. The van der Waals surface area contributed by atoms with Crippen LogP contribution >= 0.6 is 0 Å². The van der Waals surface area contributed by atoms with Gasteiger partial charge in [0.05, 0.1) is 5.69 Å². The standard InChI is InChI=1S/C56H37NO/c1-4-17-38(18-5-1)45-25-12-14-29-52(45)57(44-32-34-54-50(37-44)48-27-13-15-30-53(48)58-54)43-24-16-23-41(35-43)42-31-33-47-46-26-10-11-28-49(46)55(39-19-6-2-7-20-39)56(51(47)36-42)40-21-8-3-9-22-40/h1-37H. The van der Waals surface area contributed by atoms with Crippen LogP contribution in [0.2, 0.25) is 0 Å². The maximum absolute atomic E-state index is 6.29. The van der Waals surface area contributed by atoms with Crippen molar-refractivity contribution >= 4 is 60.5 Å². The minimum absolute atomic E-state index is 0.878. The molecule has 11 aromatic rings. The second kappa shape index (κ2) is 14.1. The molecule has 0 amide bonds. The van der Waals surface area contributed by atoms with Gasteiger partial charge < -0.3 is 9.32 Å². The quantitative estimate of drug-likeness (QED) is 0.151. The van der Waals surface area contributed by atoms with Crippen LogP contribution in [0.5, 0.6) is 0 Å². The topological polar surface area (TPSA) is 16.4 Å². The third kappa shape index (κ3) is 5.74. The Morgan fingerprint density at radius 1 is 0.276 bits per heavy atom. The molecule has 0 radical (unpaired) electrons. The molecule has 0 atom stereocenters. The first-order valence-electron chi connectivity index (χ1n) is 19.8. The van der Waals surface area contributed by atoms with Crippen LogP contribution < -0.4 is 4.90 Å². The van der Waals surface area contributed by atoms with Gasteiger partial charge in [0.2, 0.25) is 0 Å². The molecule has 0 spiro atoms. The SMILES string of the molecule is c1ccc(-c2ccccc2N(c2cccc(-c3ccc4c(c3)c(-c3ccccc3)c(-c3ccccc3)c3ccccc34)c2)c2ccc3oc4ccccc4c3c2)cc1. The van der Waals surface area contributed by atoms with Crippen molar-refractivity contribution in [2.45, 2.75) is 0 Å². The summed E-state index contributed by atoms with van der Waals surface area (Å²) in [6, 6.07) is 80.8. The van der Waals surface area contributed by atoms with E-state index in [1.807, 2.05) is 12.1 Å². The van der Waals surface area contributed by atoms with Gasteiger partial charge in [0.25, 0.3) is 0 Å². The summed E-state index contributed by atoms with van der Waals surface area (Å²) in [7, 11) is 0. The number of hydrogen-bond acceptors (Lipinski definition) is 2. The average molecular weight is 740 g/mol. The molecule has 0 aliphatic carbocycles. The number of benzene rings is 10. The molecule has 2 nitrogen and oxygen atoms in total. The van der Waals surface area contributed by atoms with Gasteiger partial charge in [0, 0.05) is 27.7 Å². The maximum Gasteiger partial charge on any atom is 0.135 e. The highest BCUT2D eigenvalue weighted by molar-refractivity contribution is 6.22. The Morgan fingerprint density at radius 2 is 0.810 bits per heavy atom. The predicted octanol–water partition coefficient (Wildman–Crippen LogP) is 16.0. The van der Waals surface area contributed by atoms with E-state index in [0.29, 0.717) is 0 Å². The van der Waals surface area contributed by atoms with E-state index in [1.54, 1.807) is 0 Å². The lowest BCUT2D eigenvalue weighted by molar-refractivity contribution is 0.669. The fourth-order valence-electron chi connectivity index (χ4n) is 8.82. The van der Waals surface area contributed by atoms with Gasteiger partial charge in [-0.3, -0.25) is 0 Å².